The van der Waals surface area contributed by atoms with Gasteiger partial charge in [0, 0.05) is 17.7 Å². The number of hydrogen-bond donors (Lipinski definition) is 4. The third-order valence-electron chi connectivity index (χ3n) is 6.21. The molecule has 13 nitrogen and oxygen atoms in total. The van der Waals surface area contributed by atoms with E-state index in [0.29, 0.717) is 16.3 Å². The quantitative estimate of drug-likeness (QED) is 0.147. The maximum atomic E-state index is 13.1. The maximum Gasteiger partial charge on any atom is 0.328 e. The van der Waals surface area contributed by atoms with Gasteiger partial charge in [0.2, 0.25) is 5.95 Å². The molecule has 4 rings (SSSR count). The van der Waals surface area contributed by atoms with Gasteiger partial charge >= 0.3 is 11.9 Å². The predicted octanol–water partition coefficient (Wildman–Crippen LogP) is 2.46. The lowest BCUT2D eigenvalue weighted by Crippen LogP contribution is -2.42. The minimum absolute atomic E-state index is 0.0316. The fourth-order valence-electron chi connectivity index (χ4n) is 4.27. The number of carbonyl (C=O) groups excluding carboxylic acids is 3. The van der Waals surface area contributed by atoms with Crippen LogP contribution in [-0.2, 0) is 29.1 Å². The topological polar surface area (TPSA) is 200 Å². The number of ether oxygens (including phenoxy) is 2. The number of carbonyl (C=O) groups is 3. The van der Waals surface area contributed by atoms with Gasteiger partial charge in [-0.2, -0.15) is 0 Å². The third-order valence-corrected chi connectivity index (χ3v) is 7.60. The minimum Gasteiger partial charge on any atom is -0.466 e. The average molecular weight is 596 g/mol. The van der Waals surface area contributed by atoms with Gasteiger partial charge in [-0.05, 0) is 73.5 Å². The minimum atomic E-state index is -4.09. The standard InChI is InChI=1S/C28H29N5O8S/c1-3-40-23(34)14-13-22(27(37)41-4-2)30-25(35)17-6-10-19(11-7-17)42(38,39)33-18-9-5-16-8-12-21-24(20(16)15-18)26(36)32-28(29)31-21/h5-12,15,22,33H,3-4,13-14H2,1-2H3,(H,30,35)(H3,29,31,32,36)/t22-/m1/s1. The second kappa shape index (κ2) is 12.7. The Bertz CT molecular complexity index is 1820. The number of aromatic amines is 1. The van der Waals surface area contributed by atoms with Crippen LogP contribution < -0.4 is 21.3 Å². The Kier molecular flexibility index (Phi) is 9.06. The van der Waals surface area contributed by atoms with Crippen LogP contribution in [0.25, 0.3) is 21.7 Å². The summed E-state index contributed by atoms with van der Waals surface area (Å²) < 4.78 is 38.6. The van der Waals surface area contributed by atoms with Crippen LogP contribution >= 0.6 is 0 Å². The molecule has 3 aromatic carbocycles. The lowest BCUT2D eigenvalue weighted by molar-refractivity contribution is -0.146. The van der Waals surface area contributed by atoms with Crippen LogP contribution in [0.5, 0.6) is 0 Å². The number of amides is 1. The van der Waals surface area contributed by atoms with E-state index in [-0.39, 0.29) is 53.5 Å². The molecule has 1 heterocycles. The van der Waals surface area contributed by atoms with Gasteiger partial charge in [-0.25, -0.2) is 18.2 Å². The highest BCUT2D eigenvalue weighted by molar-refractivity contribution is 7.92. The Morgan fingerprint density at radius 3 is 2.38 bits per heavy atom. The summed E-state index contributed by atoms with van der Waals surface area (Å²) in [5, 5.41) is 3.97. The van der Waals surface area contributed by atoms with E-state index >= 15 is 0 Å². The first kappa shape index (κ1) is 30.0. The summed E-state index contributed by atoms with van der Waals surface area (Å²) in [6.07, 6.45) is -0.139. The van der Waals surface area contributed by atoms with Crippen LogP contribution in [0.15, 0.2) is 64.3 Å². The number of fused-ring (bicyclic) bond motifs is 3. The summed E-state index contributed by atoms with van der Waals surface area (Å²) in [5.41, 5.74) is 5.83. The van der Waals surface area contributed by atoms with E-state index < -0.39 is 39.5 Å². The Hall–Kier alpha value is -4.98. The van der Waals surface area contributed by atoms with E-state index in [1.807, 2.05) is 0 Å². The molecule has 0 aliphatic heterocycles. The van der Waals surface area contributed by atoms with Gasteiger partial charge < -0.3 is 20.5 Å². The summed E-state index contributed by atoms with van der Waals surface area (Å²) in [6.45, 7) is 3.54. The lowest BCUT2D eigenvalue weighted by Gasteiger charge is -2.17. The van der Waals surface area contributed by atoms with Gasteiger partial charge in [-0.1, -0.05) is 12.1 Å². The summed E-state index contributed by atoms with van der Waals surface area (Å²) >= 11 is 0. The number of H-pyrrole nitrogens is 1. The van der Waals surface area contributed by atoms with Crippen molar-refractivity contribution in [3.63, 3.8) is 0 Å². The fraction of sp³-hybridized carbons (Fsp3) is 0.250. The van der Waals surface area contributed by atoms with Gasteiger partial charge in [-0.3, -0.25) is 24.1 Å². The molecule has 0 saturated heterocycles. The number of nitrogens with two attached hydrogens (primary N) is 1. The van der Waals surface area contributed by atoms with E-state index in [4.69, 9.17) is 15.2 Å². The van der Waals surface area contributed by atoms with Crippen molar-refractivity contribution in [2.24, 2.45) is 0 Å². The molecule has 0 aliphatic rings. The Balaban J connectivity index is 1.52. The largest absolute Gasteiger partial charge is 0.466 e. The summed E-state index contributed by atoms with van der Waals surface area (Å²) in [6, 6.07) is 12.1. The molecule has 1 amide bonds. The van der Waals surface area contributed by atoms with Crippen molar-refractivity contribution in [1.29, 1.82) is 0 Å². The van der Waals surface area contributed by atoms with Crippen molar-refractivity contribution in [3.8, 4) is 0 Å². The van der Waals surface area contributed by atoms with Crippen LogP contribution in [0, 0.1) is 0 Å². The van der Waals surface area contributed by atoms with Crippen LogP contribution in [0.3, 0.4) is 0 Å². The second-order valence-electron chi connectivity index (χ2n) is 9.10. The molecule has 42 heavy (non-hydrogen) atoms. The molecule has 5 N–H and O–H groups in total. The number of aromatic nitrogens is 2. The first-order valence-electron chi connectivity index (χ1n) is 13.0. The van der Waals surface area contributed by atoms with Gasteiger partial charge in [-0.15, -0.1) is 0 Å². The van der Waals surface area contributed by atoms with Crippen LogP contribution in [0.2, 0.25) is 0 Å². The fourth-order valence-corrected chi connectivity index (χ4v) is 5.32. The zero-order valence-electron chi connectivity index (χ0n) is 22.8. The average Bonchev–Trinajstić information content (AvgIpc) is 2.94. The van der Waals surface area contributed by atoms with Gasteiger partial charge in [0.25, 0.3) is 21.5 Å². The van der Waals surface area contributed by atoms with Crippen molar-refractivity contribution in [1.82, 2.24) is 15.3 Å². The SMILES string of the molecule is CCOC(=O)CC[C@@H](NC(=O)c1ccc(S(=O)(=O)Nc2ccc3ccc4nc(N)[nH]c(=O)c4c3c2)cc1)C(=O)OCC. The smallest absolute Gasteiger partial charge is 0.328 e. The normalized spacial score (nSPS) is 12.0. The lowest BCUT2D eigenvalue weighted by atomic mass is 10.1. The van der Waals surface area contributed by atoms with E-state index in [1.54, 1.807) is 38.1 Å². The number of nitrogens with zero attached hydrogens (tertiary/aromatic N) is 1. The number of esters is 2. The predicted molar refractivity (Wildman–Crippen MR) is 155 cm³/mol. The van der Waals surface area contributed by atoms with E-state index in [9.17, 15) is 27.6 Å². The highest BCUT2D eigenvalue weighted by Gasteiger charge is 2.24. The number of benzene rings is 3. The molecule has 220 valence electrons. The number of anilines is 2. The number of rotatable bonds is 11. The Labute approximate surface area is 240 Å². The third kappa shape index (κ3) is 6.83. The molecule has 0 spiro atoms. The van der Waals surface area contributed by atoms with Crippen LogP contribution in [0.1, 0.15) is 37.0 Å². The molecular weight excluding hydrogens is 566 g/mol. The zero-order chi connectivity index (χ0) is 30.4. The molecule has 0 bridgehead atoms. The molecule has 1 aromatic heterocycles. The molecule has 14 heteroatoms. The van der Waals surface area contributed by atoms with Gasteiger partial charge in [0.1, 0.15) is 6.04 Å². The first-order chi connectivity index (χ1) is 20.0. The van der Waals surface area contributed by atoms with Gasteiger partial charge in [0.15, 0.2) is 0 Å². The molecule has 0 saturated carbocycles. The van der Waals surface area contributed by atoms with Crippen LogP contribution in [0.4, 0.5) is 11.6 Å². The van der Waals surface area contributed by atoms with Crippen LogP contribution in [-0.4, -0.2) is 55.5 Å². The maximum absolute atomic E-state index is 13.1. The summed E-state index contributed by atoms with van der Waals surface area (Å²) in [5.74, 6) is -1.91. The second-order valence-corrected chi connectivity index (χ2v) is 10.8. The van der Waals surface area contributed by atoms with E-state index in [0.717, 1.165) is 0 Å². The van der Waals surface area contributed by atoms with Crippen molar-refractivity contribution in [2.75, 3.05) is 23.7 Å². The molecule has 1 atom stereocenters. The van der Waals surface area contributed by atoms with Crippen molar-refractivity contribution < 1.29 is 32.3 Å². The summed E-state index contributed by atoms with van der Waals surface area (Å²) in [4.78, 5) is 55.9. The number of nitrogens with one attached hydrogen (secondary N) is 3. The van der Waals surface area contributed by atoms with E-state index in [1.165, 1.54) is 30.3 Å². The monoisotopic (exact) mass is 595 g/mol. The van der Waals surface area contributed by atoms with Crippen molar-refractivity contribution >= 4 is 61.2 Å². The number of hydrogen-bond acceptors (Lipinski definition) is 10. The molecule has 4 aromatic rings. The molecule has 0 fully saturated rings. The van der Waals surface area contributed by atoms with Gasteiger partial charge in [0.05, 0.1) is 29.0 Å². The van der Waals surface area contributed by atoms with Crippen molar-refractivity contribution in [2.45, 2.75) is 37.6 Å². The Morgan fingerprint density at radius 2 is 1.69 bits per heavy atom. The summed E-state index contributed by atoms with van der Waals surface area (Å²) in [7, 11) is -4.09. The first-order valence-corrected chi connectivity index (χ1v) is 14.5. The Morgan fingerprint density at radius 1 is 1.00 bits per heavy atom. The highest BCUT2D eigenvalue weighted by Crippen LogP contribution is 2.26. The van der Waals surface area contributed by atoms with E-state index in [2.05, 4.69) is 20.0 Å². The zero-order valence-corrected chi connectivity index (χ0v) is 23.6. The highest BCUT2D eigenvalue weighted by atomic mass is 32.2. The van der Waals surface area contributed by atoms with Crippen molar-refractivity contribution in [3.05, 3.63) is 70.5 Å². The number of sulfonamides is 1. The molecular formula is C28H29N5O8S. The number of nitrogen functional groups attached to an aromatic ring is 1. The molecule has 0 aliphatic carbocycles. The molecule has 0 unspecified atom stereocenters. The molecule has 0 radical (unpaired) electrons.